The van der Waals surface area contributed by atoms with Gasteiger partial charge in [-0.15, -0.1) is 0 Å². The van der Waals surface area contributed by atoms with E-state index in [4.69, 9.17) is 16.3 Å². The number of rotatable bonds is 7. The second-order valence-corrected chi connectivity index (χ2v) is 5.60. The summed E-state index contributed by atoms with van der Waals surface area (Å²) in [5.41, 5.74) is 1.84. The Morgan fingerprint density at radius 3 is 2.91 bits per heavy atom. The summed E-state index contributed by atoms with van der Waals surface area (Å²) in [6.07, 6.45) is -0.174. The zero-order chi connectivity index (χ0) is 16.8. The van der Waals surface area contributed by atoms with Crippen molar-refractivity contribution < 1.29 is 14.6 Å². The molecule has 2 N–H and O–H groups in total. The van der Waals surface area contributed by atoms with Gasteiger partial charge in [0, 0.05) is 19.3 Å². The minimum absolute atomic E-state index is 0.246. The van der Waals surface area contributed by atoms with Gasteiger partial charge >= 0.3 is 0 Å². The van der Waals surface area contributed by atoms with E-state index >= 15 is 0 Å². The van der Waals surface area contributed by atoms with E-state index in [1.165, 1.54) is 7.11 Å². The predicted octanol–water partition coefficient (Wildman–Crippen LogP) is 1.96. The average Bonchev–Trinajstić information content (AvgIpc) is 2.90. The zero-order valence-electron chi connectivity index (χ0n) is 13.1. The van der Waals surface area contributed by atoms with E-state index in [0.29, 0.717) is 23.7 Å². The van der Waals surface area contributed by atoms with Gasteiger partial charge in [-0.05, 0) is 31.5 Å². The molecule has 0 saturated carbocycles. The molecular formula is C16H20ClN3O3. The van der Waals surface area contributed by atoms with Crippen molar-refractivity contribution in [3.63, 3.8) is 0 Å². The van der Waals surface area contributed by atoms with Crippen molar-refractivity contribution in [2.45, 2.75) is 19.4 Å². The van der Waals surface area contributed by atoms with Crippen LogP contribution in [0, 0.1) is 6.92 Å². The van der Waals surface area contributed by atoms with E-state index in [1.807, 2.05) is 25.1 Å². The van der Waals surface area contributed by atoms with Crippen molar-refractivity contribution in [1.29, 1.82) is 0 Å². The van der Waals surface area contributed by atoms with E-state index in [-0.39, 0.29) is 12.5 Å². The second kappa shape index (κ2) is 8.10. The fourth-order valence-electron chi connectivity index (χ4n) is 2.17. The fourth-order valence-corrected chi connectivity index (χ4v) is 2.39. The summed E-state index contributed by atoms with van der Waals surface area (Å²) in [5.74, 6) is -0.288. The van der Waals surface area contributed by atoms with Gasteiger partial charge in [-0.2, -0.15) is 5.10 Å². The first-order chi connectivity index (χ1) is 11.0. The molecule has 6 nitrogen and oxygen atoms in total. The molecule has 2 rings (SSSR count). The number of benzene rings is 1. The Kier molecular flexibility index (Phi) is 6.15. The minimum Gasteiger partial charge on any atom is -0.391 e. The van der Waals surface area contributed by atoms with Gasteiger partial charge in [0.15, 0.2) is 5.69 Å². The molecule has 1 aromatic carbocycles. The molecule has 1 unspecified atom stereocenters. The summed E-state index contributed by atoms with van der Waals surface area (Å²) in [6, 6.07) is 9.01. The van der Waals surface area contributed by atoms with Crippen molar-refractivity contribution in [1.82, 2.24) is 15.1 Å². The fraction of sp³-hybridized carbons (Fsp3) is 0.375. The van der Waals surface area contributed by atoms with Crippen LogP contribution in [0.2, 0.25) is 5.02 Å². The molecule has 0 aliphatic carbocycles. The van der Waals surface area contributed by atoms with Crippen LogP contribution in [-0.2, 0) is 4.74 Å². The summed E-state index contributed by atoms with van der Waals surface area (Å²) in [5, 5.41) is 17.2. The lowest BCUT2D eigenvalue weighted by Crippen LogP contribution is -2.28. The molecule has 0 radical (unpaired) electrons. The SMILES string of the molecule is COCC(O)CCNC(=O)c1cc(C)n(-c2ccccc2Cl)n1. The number of ether oxygens (including phenoxy) is 1. The molecular weight excluding hydrogens is 318 g/mol. The lowest BCUT2D eigenvalue weighted by Gasteiger charge is -2.09. The molecule has 0 fully saturated rings. The highest BCUT2D eigenvalue weighted by Gasteiger charge is 2.14. The average molecular weight is 338 g/mol. The van der Waals surface area contributed by atoms with Crippen molar-refractivity contribution in [3.8, 4) is 5.69 Å². The maximum Gasteiger partial charge on any atom is 0.271 e. The van der Waals surface area contributed by atoms with Crippen LogP contribution in [0.3, 0.4) is 0 Å². The lowest BCUT2D eigenvalue weighted by atomic mass is 10.2. The molecule has 23 heavy (non-hydrogen) atoms. The van der Waals surface area contributed by atoms with Gasteiger partial charge in [0.05, 0.1) is 23.4 Å². The van der Waals surface area contributed by atoms with Crippen LogP contribution in [0.15, 0.2) is 30.3 Å². The van der Waals surface area contributed by atoms with Gasteiger partial charge in [-0.25, -0.2) is 4.68 Å². The van der Waals surface area contributed by atoms with Crippen LogP contribution in [0.1, 0.15) is 22.6 Å². The zero-order valence-corrected chi connectivity index (χ0v) is 13.9. The number of nitrogens with one attached hydrogen (secondary N) is 1. The highest BCUT2D eigenvalue weighted by atomic mass is 35.5. The minimum atomic E-state index is -0.595. The Morgan fingerprint density at radius 1 is 1.48 bits per heavy atom. The first-order valence-electron chi connectivity index (χ1n) is 7.29. The van der Waals surface area contributed by atoms with Crippen LogP contribution in [0.4, 0.5) is 0 Å². The number of para-hydroxylation sites is 1. The lowest BCUT2D eigenvalue weighted by molar-refractivity contribution is 0.0587. The number of halogens is 1. The molecule has 0 spiro atoms. The number of hydrogen-bond donors (Lipinski definition) is 2. The topological polar surface area (TPSA) is 76.4 Å². The van der Waals surface area contributed by atoms with E-state index in [0.717, 1.165) is 11.4 Å². The standard InChI is InChI=1S/C16H20ClN3O3/c1-11-9-14(16(22)18-8-7-12(21)10-23-2)19-20(11)15-6-4-3-5-13(15)17/h3-6,9,12,21H,7-8,10H2,1-2H3,(H,18,22). The number of aromatic nitrogens is 2. The maximum atomic E-state index is 12.1. The molecule has 0 aliphatic rings. The summed E-state index contributed by atoms with van der Waals surface area (Å²) in [7, 11) is 1.52. The smallest absolute Gasteiger partial charge is 0.271 e. The molecule has 0 aliphatic heterocycles. The largest absolute Gasteiger partial charge is 0.391 e. The first kappa shape index (κ1) is 17.5. The normalized spacial score (nSPS) is 12.2. The molecule has 1 atom stereocenters. The van der Waals surface area contributed by atoms with Gasteiger partial charge in [0.25, 0.3) is 5.91 Å². The van der Waals surface area contributed by atoms with Gasteiger partial charge in [0.2, 0.25) is 0 Å². The van der Waals surface area contributed by atoms with Crippen molar-refractivity contribution in [2.75, 3.05) is 20.3 Å². The third kappa shape index (κ3) is 4.54. The number of methoxy groups -OCH3 is 1. The Bertz CT molecular complexity index is 672. The summed E-state index contributed by atoms with van der Waals surface area (Å²) < 4.78 is 6.47. The number of nitrogens with zero attached hydrogens (tertiary/aromatic N) is 2. The van der Waals surface area contributed by atoms with Crippen molar-refractivity contribution in [3.05, 3.63) is 46.7 Å². The Morgan fingerprint density at radius 2 is 2.22 bits per heavy atom. The number of aryl methyl sites for hydroxylation is 1. The number of aliphatic hydroxyl groups excluding tert-OH is 1. The predicted molar refractivity (Wildman–Crippen MR) is 88.1 cm³/mol. The van der Waals surface area contributed by atoms with Crippen molar-refractivity contribution >= 4 is 17.5 Å². The molecule has 1 heterocycles. The van der Waals surface area contributed by atoms with Crippen LogP contribution < -0.4 is 5.32 Å². The Balaban J connectivity index is 2.03. The highest BCUT2D eigenvalue weighted by Crippen LogP contribution is 2.21. The monoisotopic (exact) mass is 337 g/mol. The van der Waals surface area contributed by atoms with E-state index in [1.54, 1.807) is 16.8 Å². The second-order valence-electron chi connectivity index (χ2n) is 5.19. The number of carbonyl (C=O) groups excluding carboxylic acids is 1. The van der Waals surface area contributed by atoms with E-state index in [9.17, 15) is 9.90 Å². The quantitative estimate of drug-likeness (QED) is 0.809. The molecule has 0 bridgehead atoms. The van der Waals surface area contributed by atoms with Crippen LogP contribution in [-0.4, -0.2) is 47.2 Å². The summed E-state index contributed by atoms with van der Waals surface area (Å²) in [4.78, 5) is 12.1. The Labute approximate surface area is 140 Å². The number of carbonyl (C=O) groups is 1. The first-order valence-corrected chi connectivity index (χ1v) is 7.67. The van der Waals surface area contributed by atoms with E-state index in [2.05, 4.69) is 10.4 Å². The summed E-state index contributed by atoms with van der Waals surface area (Å²) >= 11 is 6.17. The molecule has 2 aromatic rings. The summed E-state index contributed by atoms with van der Waals surface area (Å²) in [6.45, 7) is 2.45. The molecule has 1 aromatic heterocycles. The van der Waals surface area contributed by atoms with Gasteiger partial charge < -0.3 is 15.2 Å². The van der Waals surface area contributed by atoms with Crippen LogP contribution in [0.25, 0.3) is 5.69 Å². The molecule has 7 heteroatoms. The van der Waals surface area contributed by atoms with Crippen LogP contribution in [0.5, 0.6) is 0 Å². The number of hydrogen-bond acceptors (Lipinski definition) is 4. The molecule has 0 saturated heterocycles. The van der Waals surface area contributed by atoms with Gasteiger partial charge in [0.1, 0.15) is 0 Å². The maximum absolute atomic E-state index is 12.1. The Hall–Kier alpha value is -1.89. The number of aliphatic hydroxyl groups is 1. The third-order valence-corrected chi connectivity index (χ3v) is 3.64. The van der Waals surface area contributed by atoms with Crippen molar-refractivity contribution in [2.24, 2.45) is 0 Å². The van der Waals surface area contributed by atoms with Crippen LogP contribution >= 0.6 is 11.6 Å². The molecule has 1 amide bonds. The molecule has 124 valence electrons. The third-order valence-electron chi connectivity index (χ3n) is 3.32. The van der Waals surface area contributed by atoms with Gasteiger partial charge in [-0.3, -0.25) is 4.79 Å². The van der Waals surface area contributed by atoms with E-state index < -0.39 is 6.10 Å². The highest BCUT2D eigenvalue weighted by molar-refractivity contribution is 6.32. The number of amides is 1. The van der Waals surface area contributed by atoms with Gasteiger partial charge in [-0.1, -0.05) is 23.7 Å².